The van der Waals surface area contributed by atoms with Crippen LogP contribution < -0.4 is 5.32 Å². The molecule has 11 atom stereocenters. The fourth-order valence-corrected chi connectivity index (χ4v) is 14.6. The molecule has 0 aromatic rings. The molecule has 0 aromatic heterocycles. The third-order valence-electron chi connectivity index (χ3n) is 17.2. The number of esters is 1. The largest absolute Gasteiger partial charge is 0.481 e. The smallest absolute Gasteiger partial charge is 0.407 e. The van der Waals surface area contributed by atoms with Gasteiger partial charge in [-0.15, -0.1) is 0 Å². The summed E-state index contributed by atoms with van der Waals surface area (Å²) in [7, 11) is 0. The first-order chi connectivity index (χ1) is 25.3. The first-order valence-electron chi connectivity index (χ1n) is 21.7. The minimum atomic E-state index is -0.895. The maximum Gasteiger partial charge on any atom is 0.407 e. The molecule has 2 N–H and O–H groups in total. The Balaban J connectivity index is 1.21. The van der Waals surface area contributed by atoms with Crippen molar-refractivity contribution in [1.29, 1.82) is 0 Å². The van der Waals surface area contributed by atoms with Crippen LogP contribution in [-0.4, -0.2) is 64.8 Å². The highest BCUT2D eigenvalue weighted by Crippen LogP contribution is 2.77. The number of nitrogens with zero attached hydrogens (tertiary/aromatic N) is 1. The van der Waals surface area contributed by atoms with Gasteiger partial charge in [-0.3, -0.25) is 14.4 Å². The number of amides is 2. The molecule has 1 heterocycles. The number of ether oxygens (including phenoxy) is 2. The summed E-state index contributed by atoms with van der Waals surface area (Å²) in [5.74, 6) is 1.12. The summed E-state index contributed by atoms with van der Waals surface area (Å²) in [4.78, 5) is 54.4. The molecule has 6 aliphatic rings. The van der Waals surface area contributed by atoms with Gasteiger partial charge in [-0.1, -0.05) is 60.6 Å². The number of carbonyl (C=O) groups is 4. The highest BCUT2D eigenvalue weighted by molar-refractivity contribution is 5.84. The Labute approximate surface area is 331 Å². The van der Waals surface area contributed by atoms with Crippen LogP contribution in [0.3, 0.4) is 0 Å². The molecule has 9 nitrogen and oxygen atoms in total. The van der Waals surface area contributed by atoms with E-state index in [2.05, 4.69) is 58.3 Å². The lowest BCUT2D eigenvalue weighted by molar-refractivity contribution is -0.250. The molecule has 6 rings (SSSR count). The topological polar surface area (TPSA) is 122 Å². The second-order valence-corrected chi connectivity index (χ2v) is 22.5. The predicted molar refractivity (Wildman–Crippen MR) is 214 cm³/mol. The van der Waals surface area contributed by atoms with Gasteiger partial charge in [0.15, 0.2) is 0 Å². The van der Waals surface area contributed by atoms with E-state index in [1.54, 1.807) is 0 Å². The van der Waals surface area contributed by atoms with Gasteiger partial charge in [0.1, 0.15) is 11.7 Å². The molecule has 0 aromatic carbocycles. The Bertz CT molecular complexity index is 1560. The molecule has 2 amide bonds. The summed E-state index contributed by atoms with van der Waals surface area (Å²) in [5, 5.41) is 12.4. The van der Waals surface area contributed by atoms with E-state index in [-0.39, 0.29) is 63.9 Å². The van der Waals surface area contributed by atoms with E-state index in [1.807, 2.05) is 34.6 Å². The van der Waals surface area contributed by atoms with Crippen molar-refractivity contribution in [3.8, 4) is 0 Å². The molecule has 310 valence electrons. The highest BCUT2D eigenvalue weighted by Gasteiger charge is 2.72. The Morgan fingerprint density at radius 3 is 2.15 bits per heavy atom. The van der Waals surface area contributed by atoms with Crippen LogP contribution in [0.1, 0.15) is 160 Å². The fraction of sp³-hybridized carbons (Fsp3) is 0.870. The summed E-state index contributed by atoms with van der Waals surface area (Å²) in [6.07, 6.45) is 10.5. The van der Waals surface area contributed by atoms with E-state index in [4.69, 9.17) is 9.47 Å². The molecule has 0 bridgehead atoms. The number of carbonyl (C=O) groups excluding carboxylic acids is 3. The van der Waals surface area contributed by atoms with Gasteiger partial charge in [-0.25, -0.2) is 4.79 Å². The average molecular weight is 767 g/mol. The van der Waals surface area contributed by atoms with Gasteiger partial charge in [0.2, 0.25) is 5.91 Å². The van der Waals surface area contributed by atoms with Crippen LogP contribution >= 0.6 is 0 Å². The molecule has 55 heavy (non-hydrogen) atoms. The Kier molecular flexibility index (Phi) is 10.7. The molecular formula is C46H74N2O7. The van der Waals surface area contributed by atoms with E-state index >= 15 is 4.79 Å². The summed E-state index contributed by atoms with van der Waals surface area (Å²) in [6.45, 7) is 29.6. The van der Waals surface area contributed by atoms with Gasteiger partial charge in [0.05, 0.1) is 24.3 Å². The first kappa shape index (κ1) is 42.0. The number of nitrogens with one attached hydrogen (secondary N) is 1. The maximum atomic E-state index is 15.0. The Hall–Kier alpha value is -2.58. The lowest BCUT2D eigenvalue weighted by Crippen LogP contribution is -2.67. The third-order valence-corrected chi connectivity index (χ3v) is 17.2. The van der Waals surface area contributed by atoms with E-state index in [0.717, 1.165) is 70.6 Å². The summed E-state index contributed by atoms with van der Waals surface area (Å²) in [6, 6.07) is -0.0993. The fourth-order valence-electron chi connectivity index (χ4n) is 14.6. The van der Waals surface area contributed by atoms with Crippen molar-refractivity contribution in [2.45, 2.75) is 177 Å². The molecule has 6 fully saturated rings. The number of allylic oxidation sites excluding steroid dienone is 1. The Morgan fingerprint density at radius 1 is 0.818 bits per heavy atom. The maximum absolute atomic E-state index is 15.0. The second-order valence-electron chi connectivity index (χ2n) is 22.5. The van der Waals surface area contributed by atoms with Gasteiger partial charge >= 0.3 is 18.0 Å². The molecule has 0 spiro atoms. The van der Waals surface area contributed by atoms with Crippen LogP contribution in [0.25, 0.3) is 0 Å². The minimum absolute atomic E-state index is 0.0633. The van der Waals surface area contributed by atoms with Gasteiger partial charge in [0.25, 0.3) is 0 Å². The standard InChI is InChI=1S/C46H74N2O7/c1-28(2)30-15-21-46(38(52)48-24-18-29(27-48)47-39(53)55-40(3,4)5)23-22-44(11)31(37(30)46)13-14-33-43(10)19-17-34(42(8,9)32(43)16-20-45(33,44)12)54-36(51)26-41(6,7)25-35(49)50/h29-34,37H,1,13-27H2,2-12H3,(H,47,53)(H,49,50)/t29-,30-,31+,32-,33+,34-,37+,43-,44+,45+,46-/m0/s1. The molecule has 5 saturated carbocycles. The van der Waals surface area contributed by atoms with Crippen molar-refractivity contribution in [2.24, 2.45) is 62.1 Å². The number of aliphatic carboxylic acids is 1. The monoisotopic (exact) mass is 767 g/mol. The van der Waals surface area contributed by atoms with Crippen LogP contribution in [0, 0.1) is 62.1 Å². The lowest BCUT2D eigenvalue weighted by atomic mass is 9.32. The van der Waals surface area contributed by atoms with Crippen LogP contribution in [0.4, 0.5) is 4.79 Å². The number of likely N-dealkylation sites (tertiary alicyclic amines) is 1. The zero-order valence-corrected chi connectivity index (χ0v) is 36.2. The van der Waals surface area contributed by atoms with Gasteiger partial charge < -0.3 is 24.8 Å². The number of hydrogen-bond acceptors (Lipinski definition) is 6. The normalized spacial score (nSPS) is 40.9. The predicted octanol–water partition coefficient (Wildman–Crippen LogP) is 9.57. The zero-order valence-electron chi connectivity index (χ0n) is 36.2. The van der Waals surface area contributed by atoms with Crippen molar-refractivity contribution in [1.82, 2.24) is 10.2 Å². The Morgan fingerprint density at radius 2 is 1.51 bits per heavy atom. The van der Waals surface area contributed by atoms with Crippen LogP contribution in [0.15, 0.2) is 12.2 Å². The number of alkyl carbamates (subject to hydrolysis) is 1. The van der Waals surface area contributed by atoms with Crippen molar-refractivity contribution in [3.05, 3.63) is 12.2 Å². The van der Waals surface area contributed by atoms with Crippen molar-refractivity contribution in [2.75, 3.05) is 13.1 Å². The SMILES string of the molecule is C=C(C)[C@@H]1CC[C@]2(C(=O)N3CC[C@H](NC(=O)OC(C)(C)C)C3)CC[C@]3(C)[C@H](CC[C@@H]4[C@@]5(C)CC[C@H](OC(=O)CC(C)(C)CC(=O)O)C(C)(C)[C@@H]5CC[C@]43C)[C@@H]12. The van der Waals surface area contributed by atoms with Crippen molar-refractivity contribution in [3.63, 3.8) is 0 Å². The third kappa shape index (κ3) is 7.16. The second kappa shape index (κ2) is 14.1. The molecule has 9 heteroatoms. The summed E-state index contributed by atoms with van der Waals surface area (Å²) in [5.41, 5.74) is -0.274. The van der Waals surface area contributed by atoms with Crippen molar-refractivity contribution < 1.29 is 33.8 Å². The summed E-state index contributed by atoms with van der Waals surface area (Å²) >= 11 is 0. The van der Waals surface area contributed by atoms with Gasteiger partial charge in [-0.05, 0) is 150 Å². The van der Waals surface area contributed by atoms with E-state index in [0.29, 0.717) is 42.7 Å². The number of hydrogen-bond donors (Lipinski definition) is 2. The molecule has 1 aliphatic heterocycles. The van der Waals surface area contributed by atoms with Crippen LogP contribution in [-0.2, 0) is 23.9 Å². The van der Waals surface area contributed by atoms with E-state index < -0.39 is 23.1 Å². The minimum Gasteiger partial charge on any atom is -0.481 e. The van der Waals surface area contributed by atoms with Crippen molar-refractivity contribution >= 4 is 23.9 Å². The van der Waals surface area contributed by atoms with Gasteiger partial charge in [0, 0.05) is 18.5 Å². The quantitative estimate of drug-likeness (QED) is 0.186. The number of rotatable bonds is 8. The van der Waals surface area contributed by atoms with Crippen LogP contribution in [0.5, 0.6) is 0 Å². The highest BCUT2D eigenvalue weighted by atomic mass is 16.6. The molecule has 1 saturated heterocycles. The summed E-state index contributed by atoms with van der Waals surface area (Å²) < 4.78 is 11.8. The van der Waals surface area contributed by atoms with E-state index in [9.17, 15) is 19.5 Å². The van der Waals surface area contributed by atoms with E-state index in [1.165, 1.54) is 5.57 Å². The number of fused-ring (bicyclic) bond motifs is 7. The number of carboxylic acids is 1. The van der Waals surface area contributed by atoms with Gasteiger partial charge in [-0.2, -0.15) is 0 Å². The zero-order chi connectivity index (χ0) is 40.7. The molecule has 5 aliphatic carbocycles. The molecular weight excluding hydrogens is 693 g/mol. The molecule has 0 radical (unpaired) electrons. The average Bonchev–Trinajstić information content (AvgIpc) is 3.66. The molecule has 0 unspecified atom stereocenters. The number of carboxylic acid groups (broad SMARTS) is 1. The first-order valence-corrected chi connectivity index (χ1v) is 21.7. The lowest BCUT2D eigenvalue weighted by Gasteiger charge is -2.73. The van der Waals surface area contributed by atoms with Crippen LogP contribution in [0.2, 0.25) is 0 Å².